The van der Waals surface area contributed by atoms with Crippen molar-refractivity contribution in [3.63, 3.8) is 0 Å². The van der Waals surface area contributed by atoms with Gasteiger partial charge >= 0.3 is 6.03 Å². The van der Waals surface area contributed by atoms with Gasteiger partial charge in [0, 0.05) is 44.7 Å². The van der Waals surface area contributed by atoms with Crippen molar-refractivity contribution in [1.29, 1.82) is 0 Å². The van der Waals surface area contributed by atoms with Crippen molar-refractivity contribution >= 4 is 17.6 Å². The number of hydrogen-bond donors (Lipinski definition) is 1. The van der Waals surface area contributed by atoms with Crippen LogP contribution in [0.2, 0.25) is 0 Å². The van der Waals surface area contributed by atoms with Crippen LogP contribution in [0.3, 0.4) is 0 Å². The quantitative estimate of drug-likeness (QED) is 0.518. The maximum Gasteiger partial charge on any atom is 0.317 e. The van der Waals surface area contributed by atoms with Crippen LogP contribution in [0.25, 0.3) is 0 Å². The van der Waals surface area contributed by atoms with Gasteiger partial charge < -0.3 is 19.7 Å². The number of rotatable bonds is 10. The van der Waals surface area contributed by atoms with Gasteiger partial charge in [-0.15, -0.1) is 0 Å². The molecule has 0 saturated carbocycles. The number of nitrogens with one attached hydrogen (secondary N) is 1. The Bertz CT molecular complexity index is 1110. The number of amides is 3. The molecule has 9 nitrogen and oxygen atoms in total. The molecule has 1 fully saturated rings. The predicted molar refractivity (Wildman–Crippen MR) is 147 cm³/mol. The van der Waals surface area contributed by atoms with Gasteiger partial charge in [0.15, 0.2) is 0 Å². The second-order valence-electron chi connectivity index (χ2n) is 9.76. The number of morpholine rings is 1. The molecule has 0 bridgehead atoms. The van der Waals surface area contributed by atoms with Gasteiger partial charge in [0.2, 0.25) is 0 Å². The van der Waals surface area contributed by atoms with E-state index in [0.717, 1.165) is 47.7 Å². The molecule has 0 radical (unpaired) electrons. The van der Waals surface area contributed by atoms with Crippen LogP contribution in [0.1, 0.15) is 42.5 Å². The molecule has 1 N–H and O–H groups in total. The van der Waals surface area contributed by atoms with E-state index < -0.39 is 0 Å². The lowest BCUT2D eigenvalue weighted by Gasteiger charge is -2.31. The molecule has 3 amide bonds. The summed E-state index contributed by atoms with van der Waals surface area (Å²) in [6.45, 7) is 8.75. The topological polar surface area (TPSA) is 86.7 Å². The van der Waals surface area contributed by atoms with Crippen LogP contribution in [-0.2, 0) is 9.53 Å². The number of carbonyl (C=O) groups excluding carboxylic acids is 2. The molecule has 4 rings (SSSR count). The van der Waals surface area contributed by atoms with E-state index in [1.165, 1.54) is 0 Å². The average Bonchev–Trinajstić information content (AvgIpc) is 3.40. The first-order valence-corrected chi connectivity index (χ1v) is 13.4. The number of aryl methyl sites for hydroxylation is 1. The maximum absolute atomic E-state index is 13.8. The highest BCUT2D eigenvalue weighted by molar-refractivity contribution is 6.03. The van der Waals surface area contributed by atoms with E-state index in [2.05, 4.69) is 22.3 Å². The molecule has 0 spiro atoms. The van der Waals surface area contributed by atoms with E-state index in [9.17, 15) is 9.59 Å². The van der Waals surface area contributed by atoms with Gasteiger partial charge in [-0.3, -0.25) is 9.69 Å². The fraction of sp³-hybridized carbons (Fsp3) is 0.483. The van der Waals surface area contributed by atoms with Crippen LogP contribution in [0.4, 0.5) is 4.79 Å². The van der Waals surface area contributed by atoms with Gasteiger partial charge in [-0.2, -0.15) is 5.10 Å². The number of hydrogen-bond acceptors (Lipinski definition) is 6. The summed E-state index contributed by atoms with van der Waals surface area (Å²) >= 11 is 0. The number of urea groups is 1. The molecule has 0 aliphatic carbocycles. The fourth-order valence-corrected chi connectivity index (χ4v) is 4.68. The van der Waals surface area contributed by atoms with E-state index in [1.807, 2.05) is 50.2 Å². The summed E-state index contributed by atoms with van der Waals surface area (Å²) in [5, 5.41) is 9.30. The Balaban J connectivity index is 1.56. The standard InChI is InChI=1S/C29H39N5O4/c1-4-12-30-29(36)33(14-13-32-15-17-38-18-16-32)21-28(35)34-27(23-10-8-22(2)9-11-23)20-26(31-34)24-6-5-7-25(19-24)37-3/h5-11,19,27H,4,12-18,20-21H2,1-3H3,(H,30,36). The first-order chi connectivity index (χ1) is 18.5. The molecule has 2 heterocycles. The number of benzene rings is 2. The highest BCUT2D eigenvalue weighted by Crippen LogP contribution is 2.33. The third-order valence-electron chi connectivity index (χ3n) is 6.96. The number of ether oxygens (including phenoxy) is 2. The van der Waals surface area contributed by atoms with Crippen molar-refractivity contribution in [3.05, 3.63) is 65.2 Å². The van der Waals surface area contributed by atoms with E-state index in [4.69, 9.17) is 14.6 Å². The largest absolute Gasteiger partial charge is 0.497 e. The lowest BCUT2D eigenvalue weighted by molar-refractivity contribution is -0.133. The Morgan fingerprint density at radius 3 is 2.63 bits per heavy atom. The highest BCUT2D eigenvalue weighted by Gasteiger charge is 2.34. The van der Waals surface area contributed by atoms with Gasteiger partial charge in [-0.05, 0) is 31.0 Å². The predicted octanol–water partition coefficient (Wildman–Crippen LogP) is 3.44. The zero-order valence-corrected chi connectivity index (χ0v) is 22.7. The van der Waals surface area contributed by atoms with Crippen LogP contribution in [0.5, 0.6) is 5.75 Å². The van der Waals surface area contributed by atoms with Crippen molar-refractivity contribution in [3.8, 4) is 5.75 Å². The number of nitrogens with zero attached hydrogens (tertiary/aromatic N) is 4. The fourth-order valence-electron chi connectivity index (χ4n) is 4.68. The minimum absolute atomic E-state index is 0.0445. The second kappa shape index (κ2) is 13.4. The molecule has 1 saturated heterocycles. The number of methoxy groups -OCH3 is 1. The molecule has 0 aromatic heterocycles. The maximum atomic E-state index is 13.8. The van der Waals surface area contributed by atoms with Gasteiger partial charge in [0.05, 0.1) is 32.1 Å². The van der Waals surface area contributed by atoms with Crippen LogP contribution in [0.15, 0.2) is 53.6 Å². The van der Waals surface area contributed by atoms with Crippen molar-refractivity contribution in [2.24, 2.45) is 5.10 Å². The van der Waals surface area contributed by atoms with Gasteiger partial charge in [-0.1, -0.05) is 48.9 Å². The van der Waals surface area contributed by atoms with E-state index in [0.29, 0.717) is 39.3 Å². The first kappa shape index (κ1) is 27.6. The number of carbonyl (C=O) groups is 2. The lowest BCUT2D eigenvalue weighted by atomic mass is 9.97. The van der Waals surface area contributed by atoms with Crippen LogP contribution < -0.4 is 10.1 Å². The normalized spacial score (nSPS) is 17.7. The zero-order valence-electron chi connectivity index (χ0n) is 22.7. The molecule has 9 heteroatoms. The molecule has 2 aliphatic heterocycles. The van der Waals surface area contributed by atoms with Crippen LogP contribution in [0, 0.1) is 6.92 Å². The van der Waals surface area contributed by atoms with E-state index in [-0.39, 0.29) is 24.5 Å². The Morgan fingerprint density at radius 1 is 1.16 bits per heavy atom. The Kier molecular flexibility index (Phi) is 9.73. The molecular weight excluding hydrogens is 482 g/mol. The van der Waals surface area contributed by atoms with Crippen molar-refractivity contribution in [1.82, 2.24) is 20.1 Å². The summed E-state index contributed by atoms with van der Waals surface area (Å²) in [4.78, 5) is 30.7. The van der Waals surface area contributed by atoms with Gasteiger partial charge in [-0.25, -0.2) is 9.80 Å². The number of hydrazone groups is 1. The summed E-state index contributed by atoms with van der Waals surface area (Å²) in [6.07, 6.45) is 1.41. The molecular formula is C29H39N5O4. The van der Waals surface area contributed by atoms with E-state index >= 15 is 0 Å². The summed E-state index contributed by atoms with van der Waals surface area (Å²) < 4.78 is 10.8. The van der Waals surface area contributed by atoms with Crippen LogP contribution in [-0.4, -0.2) is 92.1 Å². The first-order valence-electron chi connectivity index (χ1n) is 13.4. The molecule has 2 aliphatic rings. The Morgan fingerprint density at radius 2 is 1.92 bits per heavy atom. The summed E-state index contributed by atoms with van der Waals surface area (Å²) in [6, 6.07) is 15.5. The minimum Gasteiger partial charge on any atom is -0.497 e. The molecule has 38 heavy (non-hydrogen) atoms. The lowest BCUT2D eigenvalue weighted by Crippen LogP contribution is -2.49. The van der Waals surface area contributed by atoms with E-state index in [1.54, 1.807) is 17.0 Å². The third-order valence-corrected chi connectivity index (χ3v) is 6.96. The Labute approximate surface area is 225 Å². The molecule has 204 valence electrons. The van der Waals surface area contributed by atoms with Gasteiger partial charge in [0.1, 0.15) is 12.3 Å². The SMILES string of the molecule is CCCNC(=O)N(CCN1CCOCC1)CC(=O)N1N=C(c2cccc(OC)c2)CC1c1ccc(C)cc1. The highest BCUT2D eigenvalue weighted by atomic mass is 16.5. The van der Waals surface area contributed by atoms with Crippen molar-refractivity contribution < 1.29 is 19.1 Å². The zero-order chi connectivity index (χ0) is 26.9. The summed E-state index contributed by atoms with van der Waals surface area (Å²) in [5.41, 5.74) is 3.90. The average molecular weight is 522 g/mol. The monoisotopic (exact) mass is 521 g/mol. The van der Waals surface area contributed by atoms with Crippen molar-refractivity contribution in [2.45, 2.75) is 32.7 Å². The van der Waals surface area contributed by atoms with Crippen molar-refractivity contribution in [2.75, 3.05) is 59.6 Å². The van der Waals surface area contributed by atoms with Crippen LogP contribution >= 0.6 is 0 Å². The molecule has 1 atom stereocenters. The molecule has 2 aromatic carbocycles. The second-order valence-corrected chi connectivity index (χ2v) is 9.76. The minimum atomic E-state index is -0.246. The van der Waals surface area contributed by atoms with Gasteiger partial charge in [0.25, 0.3) is 5.91 Å². The molecule has 2 aromatic rings. The summed E-state index contributed by atoms with van der Waals surface area (Å²) in [7, 11) is 1.63. The Hall–Kier alpha value is -3.43. The smallest absolute Gasteiger partial charge is 0.317 e. The molecule has 1 unspecified atom stereocenters. The summed E-state index contributed by atoms with van der Waals surface area (Å²) in [5.74, 6) is 0.533. The third kappa shape index (κ3) is 7.11.